The zero-order valence-electron chi connectivity index (χ0n) is 8.30. The van der Waals surface area contributed by atoms with E-state index >= 15 is 0 Å². The van der Waals surface area contributed by atoms with Crippen molar-refractivity contribution in [3.05, 3.63) is 17.3 Å². The number of alkyl halides is 6. The maximum atomic E-state index is 12.4. The lowest BCUT2D eigenvalue weighted by Gasteiger charge is -2.14. The minimum atomic E-state index is -5.24. The molecule has 1 heterocycles. The fraction of sp³-hybridized carbons (Fsp3) is 0.375. The summed E-state index contributed by atoms with van der Waals surface area (Å²) in [6, 6.07) is -0.109. The van der Waals surface area contributed by atoms with Gasteiger partial charge in [0.05, 0.1) is 6.61 Å². The van der Waals surface area contributed by atoms with Crippen LogP contribution in [0.1, 0.15) is 11.3 Å². The molecule has 0 amide bonds. The third-order valence-electron chi connectivity index (χ3n) is 1.72. The van der Waals surface area contributed by atoms with Gasteiger partial charge < -0.3 is 14.9 Å². The summed E-state index contributed by atoms with van der Waals surface area (Å²) in [7, 11) is 0. The summed E-state index contributed by atoms with van der Waals surface area (Å²) in [6.07, 6.45) is -10.3. The van der Waals surface area contributed by atoms with Crippen LogP contribution in [-0.4, -0.2) is 21.6 Å². The number of halogens is 6. The average molecular weight is 277 g/mol. The van der Waals surface area contributed by atoms with E-state index in [1.165, 1.54) is 0 Å². The molecule has 0 saturated carbocycles. The van der Waals surface area contributed by atoms with Crippen LogP contribution in [0.3, 0.4) is 0 Å². The molecule has 0 aliphatic heterocycles. The second kappa shape index (κ2) is 4.52. The van der Waals surface area contributed by atoms with Crippen molar-refractivity contribution in [3.63, 3.8) is 0 Å². The zero-order chi connectivity index (χ0) is 14.1. The molecule has 0 radical (unpaired) electrons. The first-order valence-electron chi connectivity index (χ1n) is 4.21. The van der Waals surface area contributed by atoms with Crippen molar-refractivity contribution in [2.45, 2.75) is 19.1 Å². The first-order chi connectivity index (χ1) is 8.04. The first-order valence-corrected chi connectivity index (χ1v) is 4.21. The van der Waals surface area contributed by atoms with Crippen molar-refractivity contribution >= 4 is 0 Å². The number of pyridine rings is 1. The Bertz CT molecular complexity index is 442. The molecule has 1 rings (SSSR count). The zero-order valence-corrected chi connectivity index (χ0v) is 8.30. The van der Waals surface area contributed by atoms with Gasteiger partial charge in [0, 0.05) is 6.07 Å². The molecule has 1 aromatic heterocycles. The van der Waals surface area contributed by atoms with Crippen LogP contribution in [0.4, 0.5) is 26.3 Å². The van der Waals surface area contributed by atoms with Crippen LogP contribution < -0.4 is 4.74 Å². The Morgan fingerprint density at radius 3 is 2.11 bits per heavy atom. The summed E-state index contributed by atoms with van der Waals surface area (Å²) in [5.41, 5.74) is -2.75. The van der Waals surface area contributed by atoms with E-state index in [1.807, 2.05) is 0 Å². The van der Waals surface area contributed by atoms with E-state index in [0.29, 0.717) is 0 Å². The number of hydrogen-bond donors (Lipinski definition) is 2. The normalized spacial score (nSPS) is 12.6. The highest BCUT2D eigenvalue weighted by atomic mass is 19.4. The second-order valence-electron chi connectivity index (χ2n) is 3.01. The summed E-state index contributed by atoms with van der Waals surface area (Å²) in [5, 5.41) is 17.7. The second-order valence-corrected chi connectivity index (χ2v) is 3.01. The van der Waals surface area contributed by atoms with Gasteiger partial charge in [0.2, 0.25) is 5.88 Å². The topological polar surface area (TPSA) is 62.6 Å². The molecular weight excluding hydrogens is 272 g/mol. The number of aliphatic hydroxyl groups is 1. The molecular formula is C8H5F6NO3. The van der Waals surface area contributed by atoms with Crippen molar-refractivity contribution < 1.29 is 41.3 Å². The van der Waals surface area contributed by atoms with Crippen molar-refractivity contribution in [1.82, 2.24) is 4.98 Å². The highest BCUT2D eigenvalue weighted by Crippen LogP contribution is 2.39. The molecule has 102 valence electrons. The highest BCUT2D eigenvalue weighted by Gasteiger charge is 2.38. The van der Waals surface area contributed by atoms with E-state index < -0.39 is 42.0 Å². The number of aromatic nitrogens is 1. The predicted molar refractivity (Wildman–Crippen MR) is 43.5 cm³/mol. The third-order valence-corrected chi connectivity index (χ3v) is 1.72. The van der Waals surface area contributed by atoms with Crippen LogP contribution in [-0.2, 0) is 12.8 Å². The van der Waals surface area contributed by atoms with Gasteiger partial charge >= 0.3 is 12.5 Å². The van der Waals surface area contributed by atoms with Crippen molar-refractivity contribution in [1.29, 1.82) is 0 Å². The molecule has 0 aliphatic rings. The summed E-state index contributed by atoms with van der Waals surface area (Å²) >= 11 is 0. The van der Waals surface area contributed by atoms with Gasteiger partial charge in [-0.3, -0.25) is 0 Å². The van der Waals surface area contributed by atoms with Gasteiger partial charge in [-0.25, -0.2) is 4.98 Å². The van der Waals surface area contributed by atoms with Crippen LogP contribution in [0.15, 0.2) is 6.07 Å². The lowest BCUT2D eigenvalue weighted by atomic mass is 10.2. The lowest BCUT2D eigenvalue weighted by molar-refractivity contribution is -0.276. The lowest BCUT2D eigenvalue weighted by Crippen LogP contribution is -2.19. The Kier molecular flexibility index (Phi) is 3.60. The van der Waals surface area contributed by atoms with Crippen molar-refractivity contribution in [2.24, 2.45) is 0 Å². The van der Waals surface area contributed by atoms with Gasteiger partial charge in [-0.05, 0) is 0 Å². The largest absolute Gasteiger partial charge is 0.574 e. The Balaban J connectivity index is 3.31. The van der Waals surface area contributed by atoms with Gasteiger partial charge in [-0.1, -0.05) is 0 Å². The van der Waals surface area contributed by atoms with Crippen LogP contribution in [0.2, 0.25) is 0 Å². The van der Waals surface area contributed by atoms with E-state index in [0.717, 1.165) is 0 Å². The maximum absolute atomic E-state index is 12.4. The molecule has 0 aromatic carbocycles. The quantitative estimate of drug-likeness (QED) is 0.813. The SMILES string of the molecule is OCc1nc(OC(F)(F)F)cc(C(F)(F)F)c1O. The summed E-state index contributed by atoms with van der Waals surface area (Å²) < 4.78 is 75.8. The molecule has 0 fully saturated rings. The van der Waals surface area contributed by atoms with Gasteiger partial charge in [0.15, 0.2) is 5.75 Å². The highest BCUT2D eigenvalue weighted by molar-refractivity contribution is 5.41. The Labute approximate surface area is 95.4 Å². The molecule has 0 atom stereocenters. The molecule has 0 spiro atoms. The van der Waals surface area contributed by atoms with Crippen LogP contribution >= 0.6 is 0 Å². The monoisotopic (exact) mass is 277 g/mol. The summed E-state index contributed by atoms with van der Waals surface area (Å²) in [4.78, 5) is 2.91. The molecule has 10 heteroatoms. The number of aliphatic hydroxyl groups excluding tert-OH is 1. The Morgan fingerprint density at radius 2 is 1.72 bits per heavy atom. The predicted octanol–water partition coefficient (Wildman–Crippen LogP) is 2.20. The number of aromatic hydroxyl groups is 1. The van der Waals surface area contributed by atoms with E-state index in [4.69, 9.17) is 10.2 Å². The van der Waals surface area contributed by atoms with Crippen molar-refractivity contribution in [2.75, 3.05) is 0 Å². The van der Waals surface area contributed by atoms with E-state index in [-0.39, 0.29) is 6.07 Å². The minimum absolute atomic E-state index is 0.109. The molecule has 18 heavy (non-hydrogen) atoms. The Morgan fingerprint density at radius 1 is 1.17 bits per heavy atom. The summed E-state index contributed by atoms with van der Waals surface area (Å²) in [6.45, 7) is -1.18. The minimum Gasteiger partial charge on any atom is -0.505 e. The van der Waals surface area contributed by atoms with E-state index in [1.54, 1.807) is 0 Å². The van der Waals surface area contributed by atoms with Gasteiger partial charge in [-0.15, -0.1) is 13.2 Å². The smallest absolute Gasteiger partial charge is 0.505 e. The fourth-order valence-corrected chi connectivity index (χ4v) is 1.06. The number of nitrogens with zero attached hydrogens (tertiary/aromatic N) is 1. The van der Waals surface area contributed by atoms with Crippen LogP contribution in [0.25, 0.3) is 0 Å². The molecule has 1 aromatic rings. The molecule has 0 unspecified atom stereocenters. The number of ether oxygens (including phenoxy) is 1. The average Bonchev–Trinajstić information content (AvgIpc) is 2.16. The molecule has 0 saturated heterocycles. The fourth-order valence-electron chi connectivity index (χ4n) is 1.06. The molecule has 4 nitrogen and oxygen atoms in total. The summed E-state index contributed by atoms with van der Waals surface area (Å²) in [5.74, 6) is -2.86. The van der Waals surface area contributed by atoms with Crippen LogP contribution in [0.5, 0.6) is 11.6 Å². The van der Waals surface area contributed by atoms with E-state index in [2.05, 4.69) is 9.72 Å². The molecule has 0 aliphatic carbocycles. The molecule has 0 bridgehead atoms. The third kappa shape index (κ3) is 3.39. The van der Waals surface area contributed by atoms with Gasteiger partial charge in [0.25, 0.3) is 0 Å². The number of hydrogen-bond acceptors (Lipinski definition) is 4. The van der Waals surface area contributed by atoms with E-state index in [9.17, 15) is 26.3 Å². The standard InChI is InChI=1S/C8H5F6NO3/c9-7(10,11)3-1-5(18-8(12,13)14)15-4(2-16)6(3)17/h1,16-17H,2H2. The van der Waals surface area contributed by atoms with Gasteiger partial charge in [-0.2, -0.15) is 13.2 Å². The van der Waals surface area contributed by atoms with Crippen molar-refractivity contribution in [3.8, 4) is 11.6 Å². The Hall–Kier alpha value is -1.71. The first kappa shape index (κ1) is 14.4. The maximum Gasteiger partial charge on any atom is 0.574 e. The molecule has 2 N–H and O–H groups in total. The number of rotatable bonds is 2. The van der Waals surface area contributed by atoms with Gasteiger partial charge in [0.1, 0.15) is 11.3 Å². The van der Waals surface area contributed by atoms with Crippen LogP contribution in [0, 0.1) is 0 Å².